The number of nitrogens with zero attached hydrogens (tertiary/aromatic N) is 3. The number of nitrogens with one attached hydrogen (secondary N) is 2. The predicted molar refractivity (Wildman–Crippen MR) is 96.4 cm³/mol. The number of amides is 2. The van der Waals surface area contributed by atoms with E-state index in [0.717, 1.165) is 0 Å². The average molecular weight is 366 g/mol. The molecular weight excluding hydrogens is 348 g/mol. The van der Waals surface area contributed by atoms with Crippen molar-refractivity contribution in [3.63, 3.8) is 0 Å². The Labute approximate surface area is 154 Å². The molecule has 0 aliphatic rings. The molecule has 1 atom stereocenters. The number of nitrogens with two attached hydrogens (primary N) is 1. The van der Waals surface area contributed by atoms with Crippen LogP contribution in [0.4, 0.5) is 0 Å². The van der Waals surface area contributed by atoms with E-state index in [9.17, 15) is 14.4 Å². The van der Waals surface area contributed by atoms with Crippen LogP contribution in [0.3, 0.4) is 0 Å². The third-order valence-corrected chi connectivity index (χ3v) is 4.04. The van der Waals surface area contributed by atoms with Gasteiger partial charge in [-0.1, -0.05) is 6.07 Å². The summed E-state index contributed by atoms with van der Waals surface area (Å²) in [5, 5.41) is 6.70. The number of hydrogen-bond donors (Lipinski definition) is 3. The van der Waals surface area contributed by atoms with E-state index in [-0.39, 0.29) is 12.0 Å². The van der Waals surface area contributed by atoms with E-state index >= 15 is 0 Å². The topological polar surface area (TPSA) is 136 Å². The van der Waals surface area contributed by atoms with Crippen molar-refractivity contribution < 1.29 is 14.4 Å². The highest BCUT2D eigenvalue weighted by Crippen LogP contribution is 2.21. The van der Waals surface area contributed by atoms with Crippen LogP contribution in [-0.2, 0) is 23.1 Å². The Bertz CT molecular complexity index is 962. The van der Waals surface area contributed by atoms with Crippen molar-refractivity contribution in [2.24, 2.45) is 12.8 Å². The highest BCUT2D eigenvalue weighted by molar-refractivity contribution is 6.38. The minimum Gasteiger partial charge on any atom is -0.365 e. The van der Waals surface area contributed by atoms with Crippen molar-refractivity contribution in [1.82, 2.24) is 25.1 Å². The zero-order valence-corrected chi connectivity index (χ0v) is 14.5. The summed E-state index contributed by atoms with van der Waals surface area (Å²) in [7, 11) is 1.69. The van der Waals surface area contributed by atoms with E-state index < -0.39 is 23.6 Å². The lowest BCUT2D eigenvalue weighted by Crippen LogP contribution is -2.47. The molecule has 0 saturated heterocycles. The van der Waals surface area contributed by atoms with Crippen LogP contribution in [0.5, 0.6) is 0 Å². The second-order valence-electron chi connectivity index (χ2n) is 5.90. The molecule has 27 heavy (non-hydrogen) atoms. The number of pyridine rings is 1. The van der Waals surface area contributed by atoms with Gasteiger partial charge in [-0.3, -0.25) is 24.0 Å². The molecule has 0 spiro atoms. The molecule has 138 valence electrons. The maximum Gasteiger partial charge on any atom is 0.287 e. The quantitative estimate of drug-likeness (QED) is 0.513. The molecule has 0 radical (unpaired) electrons. The summed E-state index contributed by atoms with van der Waals surface area (Å²) in [6.07, 6.45) is 4.79. The number of aromatic nitrogens is 4. The van der Waals surface area contributed by atoms with E-state index in [1.54, 1.807) is 49.8 Å². The zero-order chi connectivity index (χ0) is 19.4. The average Bonchev–Trinajstić information content (AvgIpc) is 3.30. The summed E-state index contributed by atoms with van der Waals surface area (Å²) in [6.45, 7) is 0. The van der Waals surface area contributed by atoms with Crippen molar-refractivity contribution in [3.05, 3.63) is 60.2 Å². The molecule has 0 aliphatic heterocycles. The molecule has 3 aromatic heterocycles. The Balaban J connectivity index is 1.88. The number of carbonyl (C=O) groups is 3. The second-order valence-corrected chi connectivity index (χ2v) is 5.90. The molecule has 0 bridgehead atoms. The maximum atomic E-state index is 12.8. The minimum absolute atomic E-state index is 0.111. The van der Waals surface area contributed by atoms with Gasteiger partial charge in [0.05, 0.1) is 23.1 Å². The van der Waals surface area contributed by atoms with Crippen molar-refractivity contribution in [1.29, 1.82) is 0 Å². The van der Waals surface area contributed by atoms with Gasteiger partial charge in [0.1, 0.15) is 6.04 Å². The third-order valence-electron chi connectivity index (χ3n) is 4.04. The standard InChI is InChI=1S/C18H18N6O3/c1-24-15(13-6-2-3-7-21-13)12(10-22-24)18(27)23-14(16(25)17(19)26)9-11-5-4-8-20-11/h2-8,10,14,20H,9H2,1H3,(H2,19,26)(H,23,27). The van der Waals surface area contributed by atoms with E-state index in [1.165, 1.54) is 10.9 Å². The number of carbonyl (C=O) groups excluding carboxylic acids is 3. The van der Waals surface area contributed by atoms with Crippen LogP contribution in [0.15, 0.2) is 48.9 Å². The van der Waals surface area contributed by atoms with Gasteiger partial charge in [0.25, 0.3) is 11.8 Å². The van der Waals surface area contributed by atoms with Crippen LogP contribution in [0.2, 0.25) is 0 Å². The lowest BCUT2D eigenvalue weighted by atomic mass is 10.0. The van der Waals surface area contributed by atoms with Gasteiger partial charge < -0.3 is 16.0 Å². The minimum atomic E-state index is -1.11. The highest BCUT2D eigenvalue weighted by atomic mass is 16.2. The van der Waals surface area contributed by atoms with Crippen molar-refractivity contribution >= 4 is 17.6 Å². The molecule has 0 aromatic carbocycles. The van der Waals surface area contributed by atoms with Gasteiger partial charge in [-0.2, -0.15) is 5.10 Å². The Morgan fingerprint density at radius 3 is 2.70 bits per heavy atom. The van der Waals surface area contributed by atoms with E-state index in [4.69, 9.17) is 5.73 Å². The van der Waals surface area contributed by atoms with Crippen LogP contribution in [0, 0.1) is 0 Å². The first-order chi connectivity index (χ1) is 13.0. The smallest absolute Gasteiger partial charge is 0.287 e. The lowest BCUT2D eigenvalue weighted by Gasteiger charge is -2.16. The van der Waals surface area contributed by atoms with Crippen LogP contribution in [0.1, 0.15) is 16.1 Å². The summed E-state index contributed by atoms with van der Waals surface area (Å²) >= 11 is 0. The van der Waals surface area contributed by atoms with Crippen molar-refractivity contribution in [2.75, 3.05) is 0 Å². The van der Waals surface area contributed by atoms with Crippen LogP contribution in [-0.4, -0.2) is 43.4 Å². The first-order valence-electron chi connectivity index (χ1n) is 8.17. The molecule has 3 aromatic rings. The number of aryl methyl sites for hydroxylation is 1. The summed E-state index contributed by atoms with van der Waals surface area (Å²) in [4.78, 5) is 43.5. The molecule has 2 amide bonds. The fraction of sp³-hybridized carbons (Fsp3) is 0.167. The number of Topliss-reactive ketones (excluding diaryl/α,β-unsaturated/α-hetero) is 1. The van der Waals surface area contributed by atoms with Gasteiger partial charge >= 0.3 is 0 Å². The first-order valence-corrected chi connectivity index (χ1v) is 8.17. The van der Waals surface area contributed by atoms with Gasteiger partial charge in [-0.15, -0.1) is 0 Å². The number of primary amides is 1. The predicted octanol–water partition coefficient (Wildman–Crippen LogP) is 0.206. The van der Waals surface area contributed by atoms with Gasteiger partial charge in [-0.25, -0.2) is 0 Å². The van der Waals surface area contributed by atoms with E-state index in [1.807, 2.05) is 0 Å². The number of hydrogen-bond acceptors (Lipinski definition) is 5. The Hall–Kier alpha value is -3.75. The third kappa shape index (κ3) is 3.92. The Kier molecular flexibility index (Phi) is 5.11. The number of rotatable bonds is 7. The highest BCUT2D eigenvalue weighted by Gasteiger charge is 2.28. The number of aromatic amines is 1. The molecule has 1 unspecified atom stereocenters. The Morgan fingerprint density at radius 1 is 1.26 bits per heavy atom. The number of ketones is 1. The van der Waals surface area contributed by atoms with Crippen LogP contribution < -0.4 is 11.1 Å². The van der Waals surface area contributed by atoms with Crippen molar-refractivity contribution in [3.8, 4) is 11.4 Å². The number of H-pyrrole nitrogens is 1. The summed E-state index contributed by atoms with van der Waals surface area (Å²) in [6, 6.07) is 7.71. The largest absolute Gasteiger partial charge is 0.365 e. The van der Waals surface area contributed by atoms with Gasteiger partial charge in [0.15, 0.2) is 0 Å². The SMILES string of the molecule is Cn1ncc(C(=O)NC(Cc2ccc[nH]2)C(=O)C(N)=O)c1-c1ccccn1. The van der Waals surface area contributed by atoms with Gasteiger partial charge in [0, 0.05) is 31.6 Å². The molecule has 0 aliphatic carbocycles. The van der Waals surface area contributed by atoms with Crippen molar-refractivity contribution in [2.45, 2.75) is 12.5 Å². The molecule has 9 heteroatoms. The fourth-order valence-electron chi connectivity index (χ4n) is 2.74. The van der Waals surface area contributed by atoms with Crippen LogP contribution in [0.25, 0.3) is 11.4 Å². The summed E-state index contributed by atoms with van der Waals surface area (Å²) < 4.78 is 1.52. The summed E-state index contributed by atoms with van der Waals surface area (Å²) in [5.74, 6) is -2.53. The lowest BCUT2D eigenvalue weighted by molar-refractivity contribution is -0.137. The maximum absolute atomic E-state index is 12.8. The Morgan fingerprint density at radius 2 is 2.07 bits per heavy atom. The molecule has 0 fully saturated rings. The zero-order valence-electron chi connectivity index (χ0n) is 14.5. The molecule has 0 saturated carbocycles. The molecular formula is C18H18N6O3. The molecule has 3 heterocycles. The summed E-state index contributed by atoms with van der Waals surface area (Å²) in [5.41, 5.74) is 7.11. The van der Waals surface area contributed by atoms with Gasteiger partial charge in [0.2, 0.25) is 5.78 Å². The van der Waals surface area contributed by atoms with Crippen LogP contribution >= 0.6 is 0 Å². The molecule has 4 N–H and O–H groups in total. The fourth-order valence-corrected chi connectivity index (χ4v) is 2.74. The molecule has 9 nitrogen and oxygen atoms in total. The normalized spacial score (nSPS) is 11.7. The van der Waals surface area contributed by atoms with E-state index in [2.05, 4.69) is 20.4 Å². The molecule has 3 rings (SSSR count). The second kappa shape index (κ2) is 7.65. The first kappa shape index (κ1) is 18.1. The van der Waals surface area contributed by atoms with E-state index in [0.29, 0.717) is 17.1 Å². The van der Waals surface area contributed by atoms with Gasteiger partial charge in [-0.05, 0) is 24.3 Å². The monoisotopic (exact) mass is 366 g/mol.